The van der Waals surface area contributed by atoms with E-state index in [1.165, 1.54) is 13.0 Å². The van der Waals surface area contributed by atoms with Gasteiger partial charge in [-0.2, -0.15) is 0 Å². The summed E-state index contributed by atoms with van der Waals surface area (Å²) in [5.74, 6) is 0.453. The molecule has 0 amide bonds. The summed E-state index contributed by atoms with van der Waals surface area (Å²) in [5.41, 5.74) is 0.625. The van der Waals surface area contributed by atoms with Gasteiger partial charge in [0.1, 0.15) is 22.8 Å². The van der Waals surface area contributed by atoms with Crippen molar-refractivity contribution in [1.29, 1.82) is 0 Å². The number of para-hydroxylation sites is 1. The molecular weight excluding hydrogens is 272 g/mol. The summed E-state index contributed by atoms with van der Waals surface area (Å²) in [4.78, 5) is 21.5. The quantitative estimate of drug-likeness (QED) is 0.577. The van der Waals surface area contributed by atoms with Gasteiger partial charge in [-0.1, -0.05) is 18.2 Å². The number of aromatic carboxylic acids is 1. The highest BCUT2D eigenvalue weighted by Crippen LogP contribution is 2.32. The largest absolute Gasteiger partial charge is 0.478 e. The minimum atomic E-state index is -1.11. The van der Waals surface area contributed by atoms with Gasteiger partial charge in [-0.15, -0.1) is 0 Å². The van der Waals surface area contributed by atoms with E-state index in [9.17, 15) is 9.59 Å². The molecule has 2 aromatic rings. The number of ether oxygens (including phenoxy) is 2. The smallest absolute Gasteiger partial charge is 0.339 e. The number of hydrogen-bond donors (Lipinski definition) is 1. The molecule has 1 N–H and O–H groups in total. The van der Waals surface area contributed by atoms with Gasteiger partial charge in [0.2, 0.25) is 0 Å². The summed E-state index contributed by atoms with van der Waals surface area (Å²) >= 11 is 0. The minimum Gasteiger partial charge on any atom is -0.478 e. The highest BCUT2D eigenvalue weighted by atomic mass is 16.5. The van der Waals surface area contributed by atoms with Crippen molar-refractivity contribution in [2.24, 2.45) is 0 Å². The highest BCUT2D eigenvalue weighted by Gasteiger charge is 2.14. The second kappa shape index (κ2) is 6.09. The topological polar surface area (TPSA) is 72.8 Å². The van der Waals surface area contributed by atoms with Crippen LogP contribution in [-0.2, 0) is 4.79 Å². The van der Waals surface area contributed by atoms with Gasteiger partial charge in [-0.3, -0.25) is 4.79 Å². The van der Waals surface area contributed by atoms with Crippen LogP contribution in [0.4, 0.5) is 0 Å². The summed E-state index contributed by atoms with van der Waals surface area (Å²) in [6.07, 6.45) is 0. The maximum Gasteiger partial charge on any atom is 0.339 e. The Balaban J connectivity index is 0.000000189. The molecule has 0 radical (unpaired) electrons. The summed E-state index contributed by atoms with van der Waals surface area (Å²) in [5, 5.41) is 8.81. The molecule has 5 heteroatoms. The van der Waals surface area contributed by atoms with Crippen LogP contribution in [0.3, 0.4) is 0 Å². The first kappa shape index (κ1) is 14.6. The first-order chi connectivity index (χ1) is 9.97. The third kappa shape index (κ3) is 3.60. The molecule has 0 aromatic heterocycles. The number of carboxylic acids is 1. The van der Waals surface area contributed by atoms with Crippen LogP contribution in [-0.4, -0.2) is 17.0 Å². The zero-order chi connectivity index (χ0) is 15.4. The van der Waals surface area contributed by atoms with Gasteiger partial charge in [0, 0.05) is 13.0 Å². The second-order valence-electron chi connectivity index (χ2n) is 4.43. The number of carboxylic acid groups (broad SMARTS) is 1. The number of benzene rings is 2. The third-order valence-corrected chi connectivity index (χ3v) is 2.73. The second-order valence-corrected chi connectivity index (χ2v) is 4.43. The Morgan fingerprint density at radius 3 is 2.05 bits per heavy atom. The fourth-order valence-electron chi connectivity index (χ4n) is 1.78. The van der Waals surface area contributed by atoms with E-state index in [2.05, 4.69) is 0 Å². The Hall–Kier alpha value is -2.82. The van der Waals surface area contributed by atoms with E-state index in [1.54, 1.807) is 19.1 Å². The lowest BCUT2D eigenvalue weighted by molar-refractivity contribution is -0.131. The molecule has 0 atom stereocenters. The van der Waals surface area contributed by atoms with E-state index in [1.807, 2.05) is 24.3 Å². The molecule has 0 saturated carbocycles. The predicted octanol–water partition coefficient (Wildman–Crippen LogP) is 3.41. The van der Waals surface area contributed by atoms with E-state index in [4.69, 9.17) is 14.6 Å². The molecule has 0 unspecified atom stereocenters. The zero-order valence-corrected chi connectivity index (χ0v) is 11.6. The molecule has 0 aliphatic carbocycles. The molecule has 0 saturated heterocycles. The standard InChI is InChI=1S/C10H10O4.C6H4O/c1-6-4-3-5-8(10(12)13)9(6)14-7(2)11;1-2-5-4-6(3-1)7-5/h3-5H,1-2H3,(H,12,13);1-4H. The van der Waals surface area contributed by atoms with Crippen molar-refractivity contribution in [1.82, 2.24) is 0 Å². The summed E-state index contributed by atoms with van der Waals surface area (Å²) in [6.45, 7) is 2.92. The lowest BCUT2D eigenvalue weighted by Crippen LogP contribution is -2.08. The zero-order valence-electron chi connectivity index (χ0n) is 11.6. The van der Waals surface area contributed by atoms with Gasteiger partial charge in [0.25, 0.3) is 0 Å². The Morgan fingerprint density at radius 2 is 1.67 bits per heavy atom. The molecule has 4 rings (SSSR count). The van der Waals surface area contributed by atoms with Crippen molar-refractivity contribution in [3.63, 3.8) is 0 Å². The number of aryl methyl sites for hydroxylation is 1. The lowest BCUT2D eigenvalue weighted by Gasteiger charge is -2.13. The number of fused-ring (bicyclic) bond motifs is 2. The van der Waals surface area contributed by atoms with Crippen molar-refractivity contribution < 1.29 is 24.2 Å². The van der Waals surface area contributed by atoms with Crippen LogP contribution in [0.25, 0.3) is 0 Å². The molecule has 2 aromatic carbocycles. The maximum atomic E-state index is 10.8. The number of esters is 1. The predicted molar refractivity (Wildman–Crippen MR) is 76.0 cm³/mol. The molecule has 0 spiro atoms. The summed E-state index contributed by atoms with van der Waals surface area (Å²) in [6, 6.07) is 12.5. The van der Waals surface area contributed by atoms with Gasteiger partial charge in [0.15, 0.2) is 0 Å². The SMILES string of the molecule is CC(=O)Oc1c(C)cccc1C(=O)O.c1cc2cc(c1)O2. The fraction of sp³-hybridized carbons (Fsp3) is 0.125. The average Bonchev–Trinajstić information content (AvgIpc) is 2.41. The average molecular weight is 286 g/mol. The Kier molecular flexibility index (Phi) is 4.23. The monoisotopic (exact) mass is 286 g/mol. The first-order valence-corrected chi connectivity index (χ1v) is 6.26. The Bertz CT molecular complexity index is 666. The maximum absolute atomic E-state index is 10.8. The van der Waals surface area contributed by atoms with Gasteiger partial charge < -0.3 is 14.6 Å². The van der Waals surface area contributed by atoms with E-state index < -0.39 is 11.9 Å². The van der Waals surface area contributed by atoms with Crippen LogP contribution in [0.2, 0.25) is 0 Å². The van der Waals surface area contributed by atoms with Crippen molar-refractivity contribution >= 4 is 11.9 Å². The third-order valence-electron chi connectivity index (χ3n) is 2.73. The van der Waals surface area contributed by atoms with Crippen LogP contribution >= 0.6 is 0 Å². The molecule has 2 aliphatic rings. The van der Waals surface area contributed by atoms with Crippen molar-refractivity contribution in [3.8, 4) is 17.2 Å². The van der Waals surface area contributed by atoms with Gasteiger partial charge in [0.05, 0.1) is 0 Å². The molecule has 2 heterocycles. The summed E-state index contributed by atoms with van der Waals surface area (Å²) < 4.78 is 9.83. The molecule has 2 aliphatic heterocycles. The van der Waals surface area contributed by atoms with E-state index in [0.29, 0.717) is 5.56 Å². The van der Waals surface area contributed by atoms with E-state index in [-0.39, 0.29) is 11.3 Å². The van der Waals surface area contributed by atoms with Crippen LogP contribution in [0.1, 0.15) is 22.8 Å². The molecule has 2 bridgehead atoms. The van der Waals surface area contributed by atoms with E-state index in [0.717, 1.165) is 11.5 Å². The van der Waals surface area contributed by atoms with Crippen LogP contribution in [0.15, 0.2) is 42.5 Å². The van der Waals surface area contributed by atoms with Crippen molar-refractivity contribution in [3.05, 3.63) is 53.6 Å². The van der Waals surface area contributed by atoms with Gasteiger partial charge >= 0.3 is 11.9 Å². The molecule has 5 nitrogen and oxygen atoms in total. The molecule has 21 heavy (non-hydrogen) atoms. The van der Waals surface area contributed by atoms with Crippen LogP contribution in [0, 0.1) is 6.92 Å². The van der Waals surface area contributed by atoms with Gasteiger partial charge in [-0.25, -0.2) is 4.79 Å². The molecule has 0 fully saturated rings. The number of carbonyl (C=O) groups excluding carboxylic acids is 1. The summed E-state index contributed by atoms with van der Waals surface area (Å²) in [7, 11) is 0. The van der Waals surface area contributed by atoms with Crippen molar-refractivity contribution in [2.75, 3.05) is 0 Å². The molecular formula is C16H14O5. The number of rotatable bonds is 2. The van der Waals surface area contributed by atoms with Crippen LogP contribution in [0.5, 0.6) is 17.2 Å². The highest BCUT2D eigenvalue weighted by molar-refractivity contribution is 5.92. The van der Waals surface area contributed by atoms with Gasteiger partial charge in [-0.05, 0) is 30.7 Å². The molecule has 108 valence electrons. The Labute approximate surface area is 121 Å². The minimum absolute atomic E-state index is 0.000185. The number of hydrogen-bond acceptors (Lipinski definition) is 4. The Morgan fingerprint density at radius 1 is 1.10 bits per heavy atom. The number of carbonyl (C=O) groups is 2. The van der Waals surface area contributed by atoms with E-state index >= 15 is 0 Å². The fourth-order valence-corrected chi connectivity index (χ4v) is 1.78. The normalized spacial score (nSPS) is 10.4. The van der Waals surface area contributed by atoms with Crippen molar-refractivity contribution in [2.45, 2.75) is 13.8 Å². The lowest BCUT2D eigenvalue weighted by atomic mass is 10.1. The van der Waals surface area contributed by atoms with Crippen LogP contribution < -0.4 is 9.47 Å². The first-order valence-electron chi connectivity index (χ1n) is 6.26.